The first-order valence-corrected chi connectivity index (χ1v) is 4.60. The third-order valence-corrected chi connectivity index (χ3v) is 1.48. The van der Waals surface area contributed by atoms with Gasteiger partial charge in [-0.3, -0.25) is 4.89 Å². The van der Waals surface area contributed by atoms with E-state index in [2.05, 4.69) is 25.3 Å². The molecular formula is C10H18O3. The van der Waals surface area contributed by atoms with E-state index < -0.39 is 0 Å². The first-order chi connectivity index (χ1) is 6.16. The van der Waals surface area contributed by atoms with Crippen LogP contribution in [-0.2, 0) is 14.6 Å². The van der Waals surface area contributed by atoms with Gasteiger partial charge in [-0.25, -0.2) is 4.79 Å². The van der Waals surface area contributed by atoms with Gasteiger partial charge in [0.15, 0.2) is 0 Å². The molecule has 0 unspecified atom stereocenters. The summed E-state index contributed by atoms with van der Waals surface area (Å²) in [5.74, 6) is 0.232. The Morgan fingerprint density at radius 1 is 1.54 bits per heavy atom. The fourth-order valence-corrected chi connectivity index (χ4v) is 0.653. The van der Waals surface area contributed by atoms with E-state index in [0.29, 0.717) is 25.4 Å². The molecule has 13 heavy (non-hydrogen) atoms. The highest BCUT2D eigenvalue weighted by atomic mass is 17.2. The zero-order valence-corrected chi connectivity index (χ0v) is 8.41. The van der Waals surface area contributed by atoms with Crippen molar-refractivity contribution >= 4 is 5.97 Å². The third kappa shape index (κ3) is 9.08. The van der Waals surface area contributed by atoms with Crippen LogP contribution in [0.3, 0.4) is 0 Å². The van der Waals surface area contributed by atoms with Crippen LogP contribution >= 0.6 is 0 Å². The van der Waals surface area contributed by atoms with Crippen molar-refractivity contribution in [1.82, 2.24) is 0 Å². The van der Waals surface area contributed by atoms with Gasteiger partial charge in [0.1, 0.15) is 0 Å². The summed E-state index contributed by atoms with van der Waals surface area (Å²) in [6.07, 6.45) is 3.54. The smallest absolute Gasteiger partial charge is 0.298 e. The van der Waals surface area contributed by atoms with Crippen LogP contribution in [0.4, 0.5) is 0 Å². The lowest BCUT2D eigenvalue weighted by molar-refractivity contribution is -0.273. The van der Waals surface area contributed by atoms with Gasteiger partial charge < -0.3 is 0 Å². The SMILES string of the molecule is C=CCCC(=O)OOCCC(C)C. The van der Waals surface area contributed by atoms with E-state index >= 15 is 0 Å². The molecule has 0 amide bonds. The fraction of sp³-hybridized carbons (Fsp3) is 0.700. The fourth-order valence-electron chi connectivity index (χ4n) is 0.653. The quantitative estimate of drug-likeness (QED) is 0.265. The van der Waals surface area contributed by atoms with Gasteiger partial charge in [0.2, 0.25) is 0 Å². The van der Waals surface area contributed by atoms with E-state index in [0.717, 1.165) is 6.42 Å². The maximum absolute atomic E-state index is 10.9. The molecule has 0 bridgehead atoms. The van der Waals surface area contributed by atoms with E-state index in [1.54, 1.807) is 6.08 Å². The van der Waals surface area contributed by atoms with Crippen molar-refractivity contribution < 1.29 is 14.6 Å². The second-order valence-electron chi connectivity index (χ2n) is 3.29. The molecule has 0 rings (SSSR count). The average Bonchev–Trinajstić information content (AvgIpc) is 2.08. The predicted octanol–water partition coefficient (Wildman–Crippen LogP) is 2.47. The summed E-state index contributed by atoms with van der Waals surface area (Å²) in [4.78, 5) is 20.1. The number of hydrogen-bond acceptors (Lipinski definition) is 3. The van der Waals surface area contributed by atoms with Crippen LogP contribution in [0.5, 0.6) is 0 Å². The van der Waals surface area contributed by atoms with E-state index in [9.17, 15) is 4.79 Å². The lowest BCUT2D eigenvalue weighted by Crippen LogP contribution is -2.07. The normalized spacial score (nSPS) is 10.1. The van der Waals surface area contributed by atoms with Gasteiger partial charge in [0.25, 0.3) is 0 Å². The molecular weight excluding hydrogens is 168 g/mol. The summed E-state index contributed by atoms with van der Waals surface area (Å²) in [5, 5.41) is 0. The van der Waals surface area contributed by atoms with Crippen molar-refractivity contribution in [3.63, 3.8) is 0 Å². The first-order valence-electron chi connectivity index (χ1n) is 4.60. The van der Waals surface area contributed by atoms with Crippen molar-refractivity contribution in [2.75, 3.05) is 6.61 Å². The van der Waals surface area contributed by atoms with Gasteiger partial charge in [-0.15, -0.1) is 6.58 Å². The summed E-state index contributed by atoms with van der Waals surface area (Å²) >= 11 is 0. The molecule has 0 fully saturated rings. The maximum atomic E-state index is 10.9. The highest BCUT2D eigenvalue weighted by molar-refractivity contribution is 5.68. The minimum absolute atomic E-state index is 0.330. The van der Waals surface area contributed by atoms with Crippen LogP contribution in [0, 0.1) is 5.92 Å². The molecule has 0 heterocycles. The van der Waals surface area contributed by atoms with Crippen molar-refractivity contribution in [3.05, 3.63) is 12.7 Å². The second kappa shape index (κ2) is 7.80. The van der Waals surface area contributed by atoms with Gasteiger partial charge in [0.05, 0.1) is 13.0 Å². The van der Waals surface area contributed by atoms with Gasteiger partial charge in [-0.05, 0) is 18.8 Å². The maximum Gasteiger partial charge on any atom is 0.342 e. The molecule has 0 aliphatic carbocycles. The number of carbonyl (C=O) groups excluding carboxylic acids is 1. The number of allylic oxidation sites excluding steroid dienone is 1. The zero-order valence-electron chi connectivity index (χ0n) is 8.41. The Labute approximate surface area is 79.7 Å². The van der Waals surface area contributed by atoms with Crippen LogP contribution < -0.4 is 0 Å². The van der Waals surface area contributed by atoms with E-state index in [4.69, 9.17) is 4.89 Å². The first kappa shape index (κ1) is 12.2. The monoisotopic (exact) mass is 186 g/mol. The van der Waals surface area contributed by atoms with E-state index in [1.165, 1.54) is 0 Å². The Morgan fingerprint density at radius 2 is 2.23 bits per heavy atom. The highest BCUT2D eigenvalue weighted by Gasteiger charge is 2.02. The molecule has 3 heteroatoms. The minimum atomic E-state index is -0.330. The average molecular weight is 186 g/mol. The molecule has 0 N–H and O–H groups in total. The van der Waals surface area contributed by atoms with E-state index in [-0.39, 0.29) is 5.97 Å². The lowest BCUT2D eigenvalue weighted by atomic mass is 10.1. The molecule has 0 aliphatic heterocycles. The summed E-state index contributed by atoms with van der Waals surface area (Å²) in [5.41, 5.74) is 0. The zero-order chi connectivity index (χ0) is 10.1. The van der Waals surface area contributed by atoms with E-state index in [1.807, 2.05) is 0 Å². The van der Waals surface area contributed by atoms with Crippen molar-refractivity contribution in [3.8, 4) is 0 Å². The molecule has 0 atom stereocenters. The molecule has 3 nitrogen and oxygen atoms in total. The lowest BCUT2D eigenvalue weighted by Gasteiger charge is -2.04. The Bertz CT molecular complexity index is 152. The predicted molar refractivity (Wildman–Crippen MR) is 50.9 cm³/mol. The Hall–Kier alpha value is -0.830. The molecule has 76 valence electrons. The van der Waals surface area contributed by atoms with Crippen LogP contribution in [0.15, 0.2) is 12.7 Å². The van der Waals surface area contributed by atoms with Gasteiger partial charge in [-0.2, -0.15) is 4.89 Å². The topological polar surface area (TPSA) is 35.5 Å². The summed E-state index contributed by atoms with van der Waals surface area (Å²) in [6.45, 7) is 8.15. The van der Waals surface area contributed by atoms with Crippen LogP contribution in [-0.4, -0.2) is 12.6 Å². The van der Waals surface area contributed by atoms with Gasteiger partial charge in [-0.1, -0.05) is 19.9 Å². The highest BCUT2D eigenvalue weighted by Crippen LogP contribution is 2.00. The molecule has 0 aliphatic rings. The largest absolute Gasteiger partial charge is 0.342 e. The summed E-state index contributed by atoms with van der Waals surface area (Å²) < 4.78 is 0. The number of carbonyl (C=O) groups is 1. The van der Waals surface area contributed by atoms with Crippen molar-refractivity contribution in [2.45, 2.75) is 33.1 Å². The molecule has 0 spiro atoms. The molecule has 0 aromatic rings. The van der Waals surface area contributed by atoms with Crippen LogP contribution in [0.1, 0.15) is 33.1 Å². The molecule has 0 radical (unpaired) electrons. The summed E-state index contributed by atoms with van der Waals surface area (Å²) in [7, 11) is 0. The van der Waals surface area contributed by atoms with Crippen LogP contribution in [0.25, 0.3) is 0 Å². The van der Waals surface area contributed by atoms with Crippen LogP contribution in [0.2, 0.25) is 0 Å². The summed E-state index contributed by atoms with van der Waals surface area (Å²) in [6, 6.07) is 0. The molecule has 0 saturated heterocycles. The Balaban J connectivity index is 3.21. The Kier molecular flexibility index (Phi) is 7.30. The number of hydrogen-bond donors (Lipinski definition) is 0. The second-order valence-corrected chi connectivity index (χ2v) is 3.29. The molecule has 0 saturated carbocycles. The minimum Gasteiger partial charge on any atom is -0.298 e. The standard InChI is InChI=1S/C10H18O3/c1-4-5-6-10(11)13-12-8-7-9(2)3/h4,9H,1,5-8H2,2-3H3. The van der Waals surface area contributed by atoms with Gasteiger partial charge >= 0.3 is 5.97 Å². The number of rotatable bonds is 7. The van der Waals surface area contributed by atoms with Crippen molar-refractivity contribution in [1.29, 1.82) is 0 Å². The molecule has 0 aromatic carbocycles. The third-order valence-electron chi connectivity index (χ3n) is 1.48. The van der Waals surface area contributed by atoms with Crippen molar-refractivity contribution in [2.24, 2.45) is 5.92 Å². The van der Waals surface area contributed by atoms with Gasteiger partial charge in [0, 0.05) is 0 Å². The Morgan fingerprint density at radius 3 is 2.77 bits per heavy atom. The molecule has 0 aromatic heterocycles.